The zero-order valence-corrected chi connectivity index (χ0v) is 7.01. The highest BCUT2D eigenvalue weighted by Gasteiger charge is 2.22. The molecule has 0 aromatic carbocycles. The molecule has 0 bridgehead atoms. The number of fused-ring (bicyclic) bond motifs is 1. The van der Waals surface area contributed by atoms with E-state index in [0.29, 0.717) is 10.8 Å². The largest absolute Gasteiger partial charge is 0.477 e. The molecule has 2 rings (SSSR count). The molecule has 14 heavy (non-hydrogen) atoms. The number of anilines is 1. The number of rotatable bonds is 1. The molecule has 1 aromatic rings. The lowest BCUT2D eigenvalue weighted by Crippen LogP contribution is -2.18. The summed E-state index contributed by atoms with van der Waals surface area (Å²) < 4.78 is 13.9. The van der Waals surface area contributed by atoms with Crippen LogP contribution in [0, 0.1) is 0 Å². The van der Waals surface area contributed by atoms with Gasteiger partial charge >= 0.3 is 5.97 Å². The van der Waals surface area contributed by atoms with Gasteiger partial charge < -0.3 is 10.8 Å². The van der Waals surface area contributed by atoms with Crippen molar-refractivity contribution in [2.24, 2.45) is 0 Å². The lowest BCUT2D eigenvalue weighted by Gasteiger charge is -2.14. The summed E-state index contributed by atoms with van der Waals surface area (Å²) in [6.45, 7) is -0.149. The Hall–Kier alpha value is -2.05. The Kier molecular flexibility index (Phi) is 1.66. The Morgan fingerprint density at radius 1 is 1.71 bits per heavy atom. The van der Waals surface area contributed by atoms with Crippen molar-refractivity contribution < 1.29 is 14.4 Å². The van der Waals surface area contributed by atoms with Crippen LogP contribution >= 0.6 is 0 Å². The smallest absolute Gasteiger partial charge is 0.341 e. The number of carboxylic acids is 1. The molecule has 0 saturated heterocycles. The molecule has 7 heteroatoms. The zero-order chi connectivity index (χ0) is 10.3. The van der Waals surface area contributed by atoms with Gasteiger partial charge in [0.15, 0.2) is 5.82 Å². The molecule has 0 unspecified atom stereocenters. The van der Waals surface area contributed by atoms with Crippen LogP contribution in [0.3, 0.4) is 0 Å². The first-order valence-electron chi connectivity index (χ1n) is 3.80. The van der Waals surface area contributed by atoms with Crippen molar-refractivity contribution in [3.63, 3.8) is 0 Å². The van der Waals surface area contributed by atoms with Crippen molar-refractivity contribution in [1.29, 1.82) is 0 Å². The fraction of sp³-hybridized carbons (Fsp3) is 0.143. The molecule has 74 valence electrons. The lowest BCUT2D eigenvalue weighted by atomic mass is 10.2. The average molecular weight is 198 g/mol. The molecule has 1 aliphatic rings. The Morgan fingerprint density at radius 2 is 2.43 bits per heavy atom. The van der Waals surface area contributed by atoms with Gasteiger partial charge in [0.25, 0.3) is 0 Å². The highest BCUT2D eigenvalue weighted by molar-refractivity contribution is 5.96. The van der Waals surface area contributed by atoms with Gasteiger partial charge in [-0.3, -0.25) is 0 Å². The Morgan fingerprint density at radius 3 is 3.07 bits per heavy atom. The van der Waals surface area contributed by atoms with E-state index in [-0.39, 0.29) is 18.1 Å². The van der Waals surface area contributed by atoms with E-state index < -0.39 is 5.97 Å². The van der Waals surface area contributed by atoms with Crippen LogP contribution in [0.25, 0.3) is 6.08 Å². The van der Waals surface area contributed by atoms with Crippen molar-refractivity contribution in [2.75, 3.05) is 5.73 Å². The molecule has 2 heterocycles. The molecule has 6 nitrogen and oxygen atoms in total. The topological polar surface area (TPSA) is 84.4 Å². The van der Waals surface area contributed by atoms with Gasteiger partial charge in [-0.05, 0) is 6.08 Å². The normalized spacial score (nSPS) is 14.2. The van der Waals surface area contributed by atoms with Gasteiger partial charge in [0.05, 0.1) is 5.69 Å². The number of carbonyl (C=O) groups is 1. The molecule has 1 aromatic heterocycles. The van der Waals surface area contributed by atoms with Crippen molar-refractivity contribution in [3.8, 4) is 0 Å². The van der Waals surface area contributed by atoms with Crippen LogP contribution in [0.2, 0.25) is 0 Å². The molecular formula is C7H7FN4O2. The van der Waals surface area contributed by atoms with Crippen LogP contribution in [0.15, 0.2) is 6.20 Å². The summed E-state index contributed by atoms with van der Waals surface area (Å²) in [6.07, 6.45) is 2.44. The highest BCUT2D eigenvalue weighted by Crippen LogP contribution is 2.21. The first-order valence-corrected chi connectivity index (χ1v) is 3.80. The van der Waals surface area contributed by atoms with Crippen molar-refractivity contribution in [2.45, 2.75) is 6.67 Å². The molecule has 0 saturated carbocycles. The molecule has 0 atom stereocenters. The number of halogens is 1. The monoisotopic (exact) mass is 198 g/mol. The Labute approximate surface area is 78.0 Å². The van der Waals surface area contributed by atoms with Crippen molar-refractivity contribution >= 4 is 17.9 Å². The van der Waals surface area contributed by atoms with Gasteiger partial charge in [-0.15, -0.1) is 0 Å². The number of aromatic nitrogens is 2. The van der Waals surface area contributed by atoms with E-state index in [1.54, 1.807) is 0 Å². The minimum atomic E-state index is -1.17. The fourth-order valence-corrected chi connectivity index (χ4v) is 1.32. The molecule has 0 fully saturated rings. The Bertz CT molecular complexity index is 426. The number of aromatic carboxylic acids is 1. The van der Waals surface area contributed by atoms with Crippen molar-refractivity contribution in [3.05, 3.63) is 17.5 Å². The van der Waals surface area contributed by atoms with E-state index in [1.165, 1.54) is 10.8 Å². The maximum atomic E-state index is 12.7. The molecule has 0 radical (unpaired) electrons. The summed E-state index contributed by atoms with van der Waals surface area (Å²) in [7, 11) is 0. The van der Waals surface area contributed by atoms with E-state index in [2.05, 4.69) is 5.10 Å². The SMILES string of the molecule is Nc1nn2c(c1C(=O)O)C=CN(F)C2. The van der Waals surface area contributed by atoms with Crippen LogP contribution < -0.4 is 5.73 Å². The summed E-state index contributed by atoms with van der Waals surface area (Å²) in [5.74, 6) is -1.27. The number of hydrogen-bond donors (Lipinski definition) is 2. The van der Waals surface area contributed by atoms with Crippen LogP contribution in [0.4, 0.5) is 10.3 Å². The number of carboxylic acid groups (broad SMARTS) is 1. The van der Waals surface area contributed by atoms with Gasteiger partial charge in [0.2, 0.25) is 0 Å². The minimum Gasteiger partial charge on any atom is -0.477 e. The third-order valence-electron chi connectivity index (χ3n) is 1.90. The quantitative estimate of drug-likeness (QED) is 0.633. The predicted molar refractivity (Wildman–Crippen MR) is 45.6 cm³/mol. The third-order valence-corrected chi connectivity index (χ3v) is 1.90. The zero-order valence-electron chi connectivity index (χ0n) is 7.01. The molecule has 0 spiro atoms. The summed E-state index contributed by atoms with van der Waals surface area (Å²) in [6, 6.07) is 0. The van der Waals surface area contributed by atoms with E-state index in [4.69, 9.17) is 10.8 Å². The van der Waals surface area contributed by atoms with E-state index in [0.717, 1.165) is 6.20 Å². The fourth-order valence-electron chi connectivity index (χ4n) is 1.32. The number of nitrogens with two attached hydrogens (primary N) is 1. The second-order valence-electron chi connectivity index (χ2n) is 2.81. The summed E-state index contributed by atoms with van der Waals surface area (Å²) >= 11 is 0. The number of nitrogens with zero attached hydrogens (tertiary/aromatic N) is 3. The van der Waals surface area contributed by atoms with E-state index in [1.807, 2.05) is 0 Å². The van der Waals surface area contributed by atoms with Gasteiger partial charge in [-0.25, -0.2) is 9.48 Å². The predicted octanol–water partition coefficient (Wildman–Crippen LogP) is 0.292. The van der Waals surface area contributed by atoms with Gasteiger partial charge in [-0.2, -0.15) is 10.2 Å². The van der Waals surface area contributed by atoms with Crippen LogP contribution in [-0.2, 0) is 6.67 Å². The van der Waals surface area contributed by atoms with Crippen molar-refractivity contribution in [1.82, 2.24) is 14.9 Å². The number of nitrogen functional groups attached to an aromatic ring is 1. The summed E-state index contributed by atoms with van der Waals surface area (Å²) in [5.41, 5.74) is 5.60. The second kappa shape index (κ2) is 2.72. The van der Waals surface area contributed by atoms with E-state index >= 15 is 0 Å². The van der Waals surface area contributed by atoms with Gasteiger partial charge in [0.1, 0.15) is 12.2 Å². The van der Waals surface area contributed by atoms with Crippen LogP contribution in [-0.4, -0.2) is 26.0 Å². The number of hydrogen-bond acceptors (Lipinski definition) is 4. The highest BCUT2D eigenvalue weighted by atomic mass is 19.2. The minimum absolute atomic E-state index is 0.0886. The lowest BCUT2D eigenvalue weighted by molar-refractivity contribution is 0.0437. The molecule has 3 N–H and O–H groups in total. The van der Waals surface area contributed by atoms with Gasteiger partial charge in [-0.1, -0.05) is 4.48 Å². The average Bonchev–Trinajstić information content (AvgIpc) is 2.39. The van der Waals surface area contributed by atoms with Crippen LogP contribution in [0.1, 0.15) is 16.1 Å². The Balaban J connectivity index is 2.57. The maximum absolute atomic E-state index is 12.7. The summed E-state index contributed by atoms with van der Waals surface area (Å²) in [5, 5.41) is 12.9. The molecule has 1 aliphatic heterocycles. The standard InChI is InChI=1S/C7H7FN4O2/c8-11-2-1-4-5(7(13)14)6(9)10-12(4)3-11/h1-2H,3H2,(H2,9,10)(H,13,14). The van der Waals surface area contributed by atoms with Crippen LogP contribution in [0.5, 0.6) is 0 Å². The third kappa shape index (κ3) is 1.10. The maximum Gasteiger partial charge on any atom is 0.341 e. The first-order chi connectivity index (χ1) is 6.59. The first kappa shape index (κ1) is 8.54. The van der Waals surface area contributed by atoms with E-state index in [9.17, 15) is 9.28 Å². The molecular weight excluding hydrogens is 191 g/mol. The molecule has 0 amide bonds. The second-order valence-corrected chi connectivity index (χ2v) is 2.81. The molecule has 0 aliphatic carbocycles. The van der Waals surface area contributed by atoms with Gasteiger partial charge in [0, 0.05) is 6.20 Å². The summed E-state index contributed by atoms with van der Waals surface area (Å²) in [4.78, 5) is 10.8.